The second kappa shape index (κ2) is 7.90. The Labute approximate surface area is 138 Å². The molecule has 0 saturated heterocycles. The number of amides is 1. The van der Waals surface area contributed by atoms with Gasteiger partial charge in [-0.15, -0.1) is 0 Å². The molecule has 5 heteroatoms. The summed E-state index contributed by atoms with van der Waals surface area (Å²) in [5.74, 6) is 0.0939. The molecule has 1 aromatic heterocycles. The van der Waals surface area contributed by atoms with Gasteiger partial charge >= 0.3 is 0 Å². The normalized spacial score (nSPS) is 11.4. The Hall–Kier alpha value is -2.17. The molecule has 0 radical (unpaired) electrons. The molecule has 23 heavy (non-hydrogen) atoms. The van der Waals surface area contributed by atoms with Gasteiger partial charge in [0.25, 0.3) is 0 Å². The topological polar surface area (TPSA) is 59.8 Å². The lowest BCUT2D eigenvalue weighted by atomic mass is 9.86. The number of hydrogen-bond acceptors (Lipinski definition) is 3. The van der Waals surface area contributed by atoms with Crippen LogP contribution in [0, 0.1) is 0 Å². The highest BCUT2D eigenvalue weighted by Gasteiger charge is 2.12. The summed E-state index contributed by atoms with van der Waals surface area (Å²) in [6.45, 7) is 8.03. The van der Waals surface area contributed by atoms with Crippen LogP contribution in [0.5, 0.6) is 0 Å². The fourth-order valence-electron chi connectivity index (χ4n) is 2.36. The van der Waals surface area contributed by atoms with E-state index in [1.165, 1.54) is 17.5 Å². The van der Waals surface area contributed by atoms with Gasteiger partial charge < -0.3 is 5.32 Å². The monoisotopic (exact) mass is 314 g/mol. The third kappa shape index (κ3) is 5.85. The minimum Gasteiger partial charge on any atom is -0.356 e. The van der Waals surface area contributed by atoms with Crippen LogP contribution in [0.1, 0.15) is 44.7 Å². The highest BCUT2D eigenvalue weighted by Crippen LogP contribution is 2.22. The lowest BCUT2D eigenvalue weighted by Gasteiger charge is -2.19. The molecule has 0 saturated carbocycles. The Morgan fingerprint density at radius 3 is 2.57 bits per heavy atom. The lowest BCUT2D eigenvalue weighted by Crippen LogP contribution is -2.25. The molecule has 0 spiro atoms. The van der Waals surface area contributed by atoms with Crippen LogP contribution in [0.4, 0.5) is 0 Å². The number of carbonyl (C=O) groups excluding carboxylic acids is 1. The van der Waals surface area contributed by atoms with Crippen molar-refractivity contribution in [2.75, 3.05) is 6.54 Å². The van der Waals surface area contributed by atoms with Crippen LogP contribution in [-0.4, -0.2) is 27.2 Å². The van der Waals surface area contributed by atoms with E-state index >= 15 is 0 Å². The van der Waals surface area contributed by atoms with Crippen molar-refractivity contribution >= 4 is 5.91 Å². The number of carbonyl (C=O) groups is 1. The summed E-state index contributed by atoms with van der Waals surface area (Å²) in [5.41, 5.74) is 2.76. The van der Waals surface area contributed by atoms with Crippen molar-refractivity contribution in [2.45, 2.75) is 52.0 Å². The van der Waals surface area contributed by atoms with E-state index in [9.17, 15) is 4.79 Å². The van der Waals surface area contributed by atoms with E-state index in [0.717, 1.165) is 19.4 Å². The molecule has 0 unspecified atom stereocenters. The first kappa shape index (κ1) is 17.2. The Bertz CT molecular complexity index is 597. The molecule has 0 aliphatic carbocycles. The second-order valence-corrected chi connectivity index (χ2v) is 6.81. The summed E-state index contributed by atoms with van der Waals surface area (Å²) < 4.78 is 1.74. The van der Waals surface area contributed by atoms with Gasteiger partial charge in [0.05, 0.1) is 0 Å². The predicted octanol–water partition coefficient (Wildman–Crippen LogP) is 2.71. The molecule has 0 atom stereocenters. The van der Waals surface area contributed by atoms with Gasteiger partial charge in [-0.2, -0.15) is 5.10 Å². The zero-order chi connectivity index (χ0) is 16.7. The maximum atomic E-state index is 11.8. The maximum Gasteiger partial charge on any atom is 0.220 e. The van der Waals surface area contributed by atoms with Crippen LogP contribution in [-0.2, 0) is 23.2 Å². The van der Waals surface area contributed by atoms with Gasteiger partial charge in [-0.1, -0.05) is 45.0 Å². The quantitative estimate of drug-likeness (QED) is 0.855. The van der Waals surface area contributed by atoms with Crippen LogP contribution < -0.4 is 5.32 Å². The average molecular weight is 314 g/mol. The summed E-state index contributed by atoms with van der Waals surface area (Å²) >= 11 is 0. The summed E-state index contributed by atoms with van der Waals surface area (Å²) in [7, 11) is 0. The Balaban J connectivity index is 1.65. The van der Waals surface area contributed by atoms with Crippen molar-refractivity contribution in [2.24, 2.45) is 0 Å². The standard InChI is InChI=1S/C18H26N4O/c1-18(2,3)16-8-6-15(7-9-16)10-11-20-17(23)5-4-12-22-14-19-13-21-22/h6-9,13-14H,4-5,10-12H2,1-3H3,(H,20,23). The molecule has 1 heterocycles. The first-order valence-corrected chi connectivity index (χ1v) is 8.14. The second-order valence-electron chi connectivity index (χ2n) is 6.81. The number of benzene rings is 1. The van der Waals surface area contributed by atoms with Crippen LogP contribution >= 0.6 is 0 Å². The maximum absolute atomic E-state index is 11.8. The van der Waals surface area contributed by atoms with Crippen LogP contribution in [0.2, 0.25) is 0 Å². The van der Waals surface area contributed by atoms with Gasteiger partial charge in [0.1, 0.15) is 12.7 Å². The molecule has 1 N–H and O–H groups in total. The molecule has 0 fully saturated rings. The van der Waals surface area contributed by atoms with E-state index in [4.69, 9.17) is 0 Å². The minimum absolute atomic E-state index is 0.0939. The Kier molecular flexibility index (Phi) is 5.90. The molecule has 1 aromatic carbocycles. The highest BCUT2D eigenvalue weighted by atomic mass is 16.1. The van der Waals surface area contributed by atoms with Gasteiger partial charge in [0, 0.05) is 19.5 Å². The van der Waals surface area contributed by atoms with Crippen molar-refractivity contribution in [3.63, 3.8) is 0 Å². The van der Waals surface area contributed by atoms with Gasteiger partial charge in [0.2, 0.25) is 5.91 Å². The lowest BCUT2D eigenvalue weighted by molar-refractivity contribution is -0.121. The zero-order valence-electron chi connectivity index (χ0n) is 14.2. The van der Waals surface area contributed by atoms with Crippen LogP contribution in [0.25, 0.3) is 0 Å². The van der Waals surface area contributed by atoms with Crippen molar-refractivity contribution in [3.8, 4) is 0 Å². The third-order valence-electron chi connectivity index (χ3n) is 3.81. The van der Waals surface area contributed by atoms with Gasteiger partial charge in [-0.3, -0.25) is 9.48 Å². The highest BCUT2D eigenvalue weighted by molar-refractivity contribution is 5.75. The Morgan fingerprint density at radius 1 is 1.22 bits per heavy atom. The summed E-state index contributed by atoms with van der Waals surface area (Å²) in [6.07, 6.45) is 5.32. The fourth-order valence-corrected chi connectivity index (χ4v) is 2.36. The molecule has 0 bridgehead atoms. The van der Waals surface area contributed by atoms with E-state index in [1.807, 2.05) is 0 Å². The van der Waals surface area contributed by atoms with Gasteiger partial charge in [-0.25, -0.2) is 4.98 Å². The summed E-state index contributed by atoms with van der Waals surface area (Å²) in [4.78, 5) is 15.7. The number of aryl methyl sites for hydroxylation is 1. The summed E-state index contributed by atoms with van der Waals surface area (Å²) in [5, 5.41) is 6.98. The van der Waals surface area contributed by atoms with Crippen LogP contribution in [0.3, 0.4) is 0 Å². The molecular formula is C18H26N4O. The molecule has 0 aliphatic rings. The number of aromatic nitrogens is 3. The molecule has 2 aromatic rings. The molecular weight excluding hydrogens is 288 g/mol. The first-order valence-electron chi connectivity index (χ1n) is 8.14. The number of rotatable bonds is 7. The van der Waals surface area contributed by atoms with E-state index in [0.29, 0.717) is 13.0 Å². The van der Waals surface area contributed by atoms with Gasteiger partial charge in [0.15, 0.2) is 0 Å². The SMILES string of the molecule is CC(C)(C)c1ccc(CCNC(=O)CCCn2cncn2)cc1. The van der Waals surface area contributed by atoms with Crippen molar-refractivity contribution in [1.29, 1.82) is 0 Å². The Morgan fingerprint density at radius 2 is 1.96 bits per heavy atom. The smallest absolute Gasteiger partial charge is 0.220 e. The molecule has 5 nitrogen and oxygen atoms in total. The molecule has 1 amide bonds. The largest absolute Gasteiger partial charge is 0.356 e. The number of nitrogens with zero attached hydrogens (tertiary/aromatic N) is 3. The van der Waals surface area contributed by atoms with Crippen LogP contribution in [0.15, 0.2) is 36.9 Å². The van der Waals surface area contributed by atoms with E-state index in [-0.39, 0.29) is 11.3 Å². The van der Waals surface area contributed by atoms with E-state index in [1.54, 1.807) is 11.0 Å². The van der Waals surface area contributed by atoms with E-state index in [2.05, 4.69) is 60.4 Å². The average Bonchev–Trinajstić information content (AvgIpc) is 3.00. The molecule has 2 rings (SSSR count). The fraction of sp³-hybridized carbons (Fsp3) is 0.500. The predicted molar refractivity (Wildman–Crippen MR) is 91.1 cm³/mol. The third-order valence-corrected chi connectivity index (χ3v) is 3.81. The minimum atomic E-state index is 0.0939. The zero-order valence-corrected chi connectivity index (χ0v) is 14.2. The summed E-state index contributed by atoms with van der Waals surface area (Å²) in [6, 6.07) is 8.65. The van der Waals surface area contributed by atoms with E-state index < -0.39 is 0 Å². The first-order chi connectivity index (χ1) is 10.9. The van der Waals surface area contributed by atoms with Crippen molar-refractivity contribution in [1.82, 2.24) is 20.1 Å². The number of nitrogens with one attached hydrogen (secondary N) is 1. The van der Waals surface area contributed by atoms with Crippen molar-refractivity contribution in [3.05, 3.63) is 48.0 Å². The molecule has 0 aliphatic heterocycles. The van der Waals surface area contributed by atoms with Gasteiger partial charge in [-0.05, 0) is 29.4 Å². The number of hydrogen-bond donors (Lipinski definition) is 1. The van der Waals surface area contributed by atoms with Crippen molar-refractivity contribution < 1.29 is 4.79 Å². The molecule has 124 valence electrons.